The van der Waals surface area contributed by atoms with Crippen LogP contribution < -0.4 is 5.32 Å². The molecule has 0 bridgehead atoms. The largest absolute Gasteiger partial charge is 0.343 e. The average molecular weight is 287 g/mol. The van der Waals surface area contributed by atoms with Crippen LogP contribution in [0.3, 0.4) is 0 Å². The first-order chi connectivity index (χ1) is 10.0. The molecule has 21 heavy (non-hydrogen) atoms. The maximum Gasteiger partial charge on any atom is 0.153 e. The maximum atomic E-state index is 4.39. The molecule has 0 saturated heterocycles. The van der Waals surface area contributed by atoms with Crippen molar-refractivity contribution in [1.82, 2.24) is 24.6 Å². The van der Waals surface area contributed by atoms with Gasteiger partial charge in [-0.3, -0.25) is 0 Å². The molecule has 5 nitrogen and oxygen atoms in total. The first kappa shape index (κ1) is 14.3. The summed E-state index contributed by atoms with van der Waals surface area (Å²) in [5.74, 6) is 2.23. The minimum Gasteiger partial charge on any atom is -0.343 e. The van der Waals surface area contributed by atoms with Crippen molar-refractivity contribution < 1.29 is 0 Å². The van der Waals surface area contributed by atoms with E-state index >= 15 is 0 Å². The third kappa shape index (κ3) is 3.35. The number of aryl methyl sites for hydroxylation is 1. The van der Waals surface area contributed by atoms with Crippen molar-refractivity contribution in [2.24, 2.45) is 0 Å². The number of hydrogen-bond donors (Lipinski definition) is 1. The normalized spacial score (nSPS) is 15.2. The van der Waals surface area contributed by atoms with E-state index in [1.807, 2.05) is 0 Å². The second kappa shape index (κ2) is 5.64. The minimum atomic E-state index is 0.128. The van der Waals surface area contributed by atoms with E-state index in [9.17, 15) is 0 Å². The molecule has 0 amide bonds. The Morgan fingerprint density at radius 2 is 2.10 bits per heavy atom. The van der Waals surface area contributed by atoms with Gasteiger partial charge < -0.3 is 14.5 Å². The van der Waals surface area contributed by atoms with Crippen LogP contribution >= 0.6 is 0 Å². The van der Waals surface area contributed by atoms with Gasteiger partial charge in [0.05, 0.1) is 6.54 Å². The van der Waals surface area contributed by atoms with E-state index in [4.69, 9.17) is 0 Å². The second-order valence-corrected chi connectivity index (χ2v) is 6.87. The summed E-state index contributed by atoms with van der Waals surface area (Å²) < 4.78 is 4.56. The molecule has 114 valence electrons. The fourth-order valence-corrected chi connectivity index (χ4v) is 2.76. The third-order valence-corrected chi connectivity index (χ3v) is 3.97. The predicted molar refractivity (Wildman–Crippen MR) is 83.1 cm³/mol. The van der Waals surface area contributed by atoms with E-state index in [0.29, 0.717) is 0 Å². The molecule has 2 aromatic rings. The molecule has 0 fully saturated rings. The summed E-state index contributed by atoms with van der Waals surface area (Å²) >= 11 is 0. The summed E-state index contributed by atoms with van der Waals surface area (Å²) in [6.45, 7) is 9.31. The van der Waals surface area contributed by atoms with Crippen molar-refractivity contribution in [2.45, 2.75) is 65.2 Å². The van der Waals surface area contributed by atoms with Crippen molar-refractivity contribution in [1.29, 1.82) is 0 Å². The van der Waals surface area contributed by atoms with Crippen molar-refractivity contribution >= 4 is 0 Å². The molecule has 2 aromatic heterocycles. The van der Waals surface area contributed by atoms with E-state index in [1.54, 1.807) is 0 Å². The lowest BCUT2D eigenvalue weighted by Crippen LogP contribution is -2.35. The molecule has 0 atom stereocenters. The lowest BCUT2D eigenvalue weighted by molar-refractivity contribution is 0.415. The van der Waals surface area contributed by atoms with Gasteiger partial charge in [0.25, 0.3) is 0 Å². The van der Waals surface area contributed by atoms with Gasteiger partial charge in [-0.2, -0.15) is 0 Å². The molecule has 0 aromatic carbocycles. The molecule has 0 unspecified atom stereocenters. The summed E-state index contributed by atoms with van der Waals surface area (Å²) in [7, 11) is 0. The van der Waals surface area contributed by atoms with Crippen LogP contribution in [0.25, 0.3) is 0 Å². The van der Waals surface area contributed by atoms with Gasteiger partial charge in [-0.05, 0) is 45.7 Å². The van der Waals surface area contributed by atoms with Crippen LogP contribution in [0.4, 0.5) is 0 Å². The Balaban J connectivity index is 1.74. The van der Waals surface area contributed by atoms with E-state index in [2.05, 4.69) is 63.7 Å². The molecule has 3 rings (SSSR count). The van der Waals surface area contributed by atoms with Crippen LogP contribution in [0, 0.1) is 0 Å². The zero-order chi connectivity index (χ0) is 14.9. The SMILES string of the molecule is CC(C)(C)NCc1cccn1Cc1nnc2n1CCCC2. The van der Waals surface area contributed by atoms with E-state index in [-0.39, 0.29) is 5.54 Å². The third-order valence-electron chi connectivity index (χ3n) is 3.97. The van der Waals surface area contributed by atoms with Crippen molar-refractivity contribution in [3.8, 4) is 0 Å². The van der Waals surface area contributed by atoms with Crippen LogP contribution in [-0.2, 0) is 26.1 Å². The monoisotopic (exact) mass is 287 g/mol. The molecule has 1 N–H and O–H groups in total. The van der Waals surface area contributed by atoms with Crippen molar-refractivity contribution in [3.63, 3.8) is 0 Å². The maximum absolute atomic E-state index is 4.39. The molecular formula is C16H25N5. The lowest BCUT2D eigenvalue weighted by Gasteiger charge is -2.21. The van der Waals surface area contributed by atoms with Gasteiger partial charge in [0.15, 0.2) is 5.82 Å². The van der Waals surface area contributed by atoms with E-state index < -0.39 is 0 Å². The number of nitrogens with zero attached hydrogens (tertiary/aromatic N) is 4. The quantitative estimate of drug-likeness (QED) is 0.939. The Labute approximate surface area is 126 Å². The predicted octanol–water partition coefficient (Wildman–Crippen LogP) is 2.35. The van der Waals surface area contributed by atoms with Gasteiger partial charge in [-0.1, -0.05) is 0 Å². The zero-order valence-corrected chi connectivity index (χ0v) is 13.3. The Hall–Kier alpha value is -1.62. The van der Waals surface area contributed by atoms with Gasteiger partial charge in [-0.25, -0.2) is 0 Å². The first-order valence-corrected chi connectivity index (χ1v) is 7.83. The highest BCUT2D eigenvalue weighted by atomic mass is 15.3. The first-order valence-electron chi connectivity index (χ1n) is 7.83. The number of fused-ring (bicyclic) bond motifs is 1. The number of hydrogen-bond acceptors (Lipinski definition) is 3. The van der Waals surface area contributed by atoms with E-state index in [1.165, 1.54) is 18.5 Å². The van der Waals surface area contributed by atoms with Gasteiger partial charge >= 0.3 is 0 Å². The zero-order valence-electron chi connectivity index (χ0n) is 13.3. The molecule has 1 aliphatic rings. The van der Waals surface area contributed by atoms with E-state index in [0.717, 1.165) is 37.7 Å². The Bertz CT molecular complexity index is 602. The highest BCUT2D eigenvalue weighted by Gasteiger charge is 2.17. The number of rotatable bonds is 4. The minimum absolute atomic E-state index is 0.128. The van der Waals surface area contributed by atoms with Crippen LogP contribution in [0.15, 0.2) is 18.3 Å². The highest BCUT2D eigenvalue weighted by molar-refractivity contribution is 5.10. The molecule has 0 saturated carbocycles. The van der Waals surface area contributed by atoms with Gasteiger partial charge in [-0.15, -0.1) is 10.2 Å². The Kier molecular flexibility index (Phi) is 3.85. The molecular weight excluding hydrogens is 262 g/mol. The second-order valence-electron chi connectivity index (χ2n) is 6.87. The van der Waals surface area contributed by atoms with Crippen LogP contribution in [0.2, 0.25) is 0 Å². The van der Waals surface area contributed by atoms with Crippen LogP contribution in [0.1, 0.15) is 51.0 Å². The Morgan fingerprint density at radius 3 is 2.90 bits per heavy atom. The van der Waals surface area contributed by atoms with Crippen molar-refractivity contribution in [3.05, 3.63) is 35.7 Å². The van der Waals surface area contributed by atoms with Gasteiger partial charge in [0, 0.05) is 36.9 Å². The van der Waals surface area contributed by atoms with Gasteiger partial charge in [0.1, 0.15) is 5.82 Å². The standard InChI is InChI=1S/C16H25N5/c1-16(2,3)17-11-13-7-6-9-20(13)12-15-19-18-14-8-4-5-10-21(14)15/h6-7,9,17H,4-5,8,10-12H2,1-3H3. The van der Waals surface area contributed by atoms with Crippen molar-refractivity contribution in [2.75, 3.05) is 0 Å². The lowest BCUT2D eigenvalue weighted by atomic mass is 10.1. The number of nitrogens with one attached hydrogen (secondary N) is 1. The molecule has 0 spiro atoms. The summed E-state index contributed by atoms with van der Waals surface area (Å²) in [5, 5.41) is 12.3. The smallest absolute Gasteiger partial charge is 0.153 e. The average Bonchev–Trinajstić information content (AvgIpc) is 3.04. The van der Waals surface area contributed by atoms with Gasteiger partial charge in [0.2, 0.25) is 0 Å². The summed E-state index contributed by atoms with van der Waals surface area (Å²) in [6, 6.07) is 4.28. The van der Waals surface area contributed by atoms with Crippen LogP contribution in [0.5, 0.6) is 0 Å². The topological polar surface area (TPSA) is 47.7 Å². The summed E-state index contributed by atoms with van der Waals surface area (Å²) in [5.41, 5.74) is 1.42. The molecule has 0 radical (unpaired) electrons. The molecule has 0 aliphatic carbocycles. The summed E-state index contributed by atoms with van der Waals surface area (Å²) in [6.07, 6.45) is 5.67. The fourth-order valence-electron chi connectivity index (χ4n) is 2.76. The fraction of sp³-hybridized carbons (Fsp3) is 0.625. The molecule has 3 heterocycles. The Morgan fingerprint density at radius 1 is 1.24 bits per heavy atom. The summed E-state index contributed by atoms with van der Waals surface area (Å²) in [4.78, 5) is 0. The molecule has 1 aliphatic heterocycles. The highest BCUT2D eigenvalue weighted by Crippen LogP contribution is 2.16. The number of aromatic nitrogens is 4. The molecule has 5 heteroatoms. The van der Waals surface area contributed by atoms with Crippen LogP contribution in [-0.4, -0.2) is 24.9 Å².